The molecule has 8 heteroatoms. The predicted molar refractivity (Wildman–Crippen MR) is 117 cm³/mol. The first-order valence-corrected chi connectivity index (χ1v) is 10.2. The number of fused-ring (bicyclic) bond motifs is 1. The van der Waals surface area contributed by atoms with E-state index in [4.69, 9.17) is 15.5 Å². The Morgan fingerprint density at radius 1 is 1.27 bits per heavy atom. The van der Waals surface area contributed by atoms with Crippen LogP contribution in [-0.2, 0) is 4.74 Å². The SMILES string of the molecule is CC(C)(C)OC(=O)N1CCC[C@H](Nc2nc(-c3cnn4ccccc34)ccc2N)C1. The van der Waals surface area contributed by atoms with E-state index in [1.54, 1.807) is 4.90 Å². The van der Waals surface area contributed by atoms with E-state index in [2.05, 4.69) is 10.4 Å². The Kier molecular flexibility index (Phi) is 5.24. The number of carbonyl (C=O) groups is 1. The van der Waals surface area contributed by atoms with Crippen LogP contribution in [0.1, 0.15) is 33.6 Å². The summed E-state index contributed by atoms with van der Waals surface area (Å²) in [5.74, 6) is 0.624. The zero-order chi connectivity index (χ0) is 21.3. The number of nitrogen functional groups attached to an aromatic ring is 1. The fraction of sp³-hybridized carbons (Fsp3) is 0.409. The summed E-state index contributed by atoms with van der Waals surface area (Å²) in [5, 5.41) is 7.82. The van der Waals surface area contributed by atoms with Crippen molar-refractivity contribution in [2.24, 2.45) is 0 Å². The maximum Gasteiger partial charge on any atom is 0.410 e. The first-order valence-electron chi connectivity index (χ1n) is 10.2. The van der Waals surface area contributed by atoms with Crippen LogP contribution in [0.2, 0.25) is 0 Å². The third-order valence-corrected chi connectivity index (χ3v) is 5.04. The maximum absolute atomic E-state index is 12.4. The number of piperidine rings is 1. The molecule has 1 atom stereocenters. The number of nitrogens with two attached hydrogens (primary N) is 1. The Balaban J connectivity index is 1.52. The van der Waals surface area contributed by atoms with Crippen LogP contribution in [0.25, 0.3) is 16.8 Å². The average Bonchev–Trinajstić information content (AvgIpc) is 3.13. The van der Waals surface area contributed by atoms with E-state index in [0.29, 0.717) is 24.6 Å². The van der Waals surface area contributed by atoms with Crippen LogP contribution in [-0.4, -0.2) is 50.3 Å². The Bertz CT molecular complexity index is 1060. The number of rotatable bonds is 3. The van der Waals surface area contributed by atoms with Crippen LogP contribution in [0.5, 0.6) is 0 Å². The summed E-state index contributed by atoms with van der Waals surface area (Å²) in [6.07, 6.45) is 5.26. The minimum Gasteiger partial charge on any atom is -0.444 e. The van der Waals surface area contributed by atoms with Gasteiger partial charge in [-0.2, -0.15) is 5.10 Å². The molecule has 0 saturated carbocycles. The summed E-state index contributed by atoms with van der Waals surface area (Å²) in [6, 6.07) is 9.73. The highest BCUT2D eigenvalue weighted by molar-refractivity contribution is 5.80. The second kappa shape index (κ2) is 7.85. The van der Waals surface area contributed by atoms with Gasteiger partial charge in [0, 0.05) is 30.9 Å². The highest BCUT2D eigenvalue weighted by Gasteiger charge is 2.28. The van der Waals surface area contributed by atoms with Gasteiger partial charge in [-0.3, -0.25) is 0 Å². The fourth-order valence-corrected chi connectivity index (χ4v) is 3.65. The number of ether oxygens (including phenoxy) is 1. The lowest BCUT2D eigenvalue weighted by Crippen LogP contribution is -2.47. The largest absolute Gasteiger partial charge is 0.444 e. The van der Waals surface area contributed by atoms with Gasteiger partial charge in [-0.15, -0.1) is 0 Å². The number of aromatic nitrogens is 3. The summed E-state index contributed by atoms with van der Waals surface area (Å²) in [4.78, 5) is 19.0. The molecule has 3 aromatic rings. The summed E-state index contributed by atoms with van der Waals surface area (Å²) < 4.78 is 7.34. The Hall–Kier alpha value is -3.29. The number of amides is 1. The van der Waals surface area contributed by atoms with Crippen molar-refractivity contribution in [3.63, 3.8) is 0 Å². The molecule has 3 aromatic heterocycles. The molecule has 0 radical (unpaired) electrons. The van der Waals surface area contributed by atoms with E-state index in [1.807, 2.05) is 68.0 Å². The number of carbonyl (C=O) groups excluding carboxylic acids is 1. The molecule has 8 nitrogen and oxygen atoms in total. The van der Waals surface area contributed by atoms with Crippen molar-refractivity contribution in [2.45, 2.75) is 45.3 Å². The molecule has 4 rings (SSSR count). The minimum absolute atomic E-state index is 0.0558. The topological polar surface area (TPSA) is 97.8 Å². The molecule has 30 heavy (non-hydrogen) atoms. The quantitative estimate of drug-likeness (QED) is 0.684. The monoisotopic (exact) mass is 408 g/mol. The molecule has 1 saturated heterocycles. The normalized spacial score (nSPS) is 17.2. The first kappa shape index (κ1) is 20.0. The van der Waals surface area contributed by atoms with Gasteiger partial charge in [-0.25, -0.2) is 14.3 Å². The first-order chi connectivity index (χ1) is 14.3. The van der Waals surface area contributed by atoms with Gasteiger partial charge in [0.05, 0.1) is 23.1 Å². The van der Waals surface area contributed by atoms with Gasteiger partial charge in [-0.1, -0.05) is 6.07 Å². The van der Waals surface area contributed by atoms with E-state index in [9.17, 15) is 4.79 Å². The summed E-state index contributed by atoms with van der Waals surface area (Å²) in [5.41, 5.74) is 8.99. The summed E-state index contributed by atoms with van der Waals surface area (Å²) >= 11 is 0. The minimum atomic E-state index is -0.508. The van der Waals surface area contributed by atoms with E-state index in [0.717, 1.165) is 29.6 Å². The van der Waals surface area contributed by atoms with Crippen LogP contribution in [0.4, 0.5) is 16.3 Å². The number of hydrogen-bond acceptors (Lipinski definition) is 6. The number of anilines is 2. The lowest BCUT2D eigenvalue weighted by Gasteiger charge is -2.34. The molecule has 0 aromatic carbocycles. The molecular formula is C22H28N6O2. The Morgan fingerprint density at radius 2 is 2.10 bits per heavy atom. The molecule has 4 heterocycles. The van der Waals surface area contributed by atoms with Crippen LogP contribution < -0.4 is 11.1 Å². The maximum atomic E-state index is 12.4. The molecular weight excluding hydrogens is 380 g/mol. The van der Waals surface area contributed by atoms with Crippen LogP contribution in [0.15, 0.2) is 42.7 Å². The Labute approximate surface area is 176 Å². The van der Waals surface area contributed by atoms with Crippen molar-refractivity contribution in [2.75, 3.05) is 24.1 Å². The molecule has 1 aliphatic rings. The van der Waals surface area contributed by atoms with Crippen LogP contribution >= 0.6 is 0 Å². The van der Waals surface area contributed by atoms with Gasteiger partial charge in [0.1, 0.15) is 11.4 Å². The standard InChI is InChI=1S/C22H28N6O2/c1-22(2,3)30-21(29)27-11-6-7-15(14-27)25-20-17(23)9-10-18(26-20)16-13-24-28-12-5-4-8-19(16)28/h4-5,8-10,12-13,15H,6-7,11,14,23H2,1-3H3,(H,25,26)/t15-/m0/s1. The number of nitrogens with zero attached hydrogens (tertiary/aromatic N) is 4. The molecule has 0 spiro atoms. The van der Waals surface area contributed by atoms with Gasteiger partial charge in [0.2, 0.25) is 0 Å². The summed E-state index contributed by atoms with van der Waals surface area (Å²) in [6.45, 7) is 6.87. The molecule has 0 aliphatic carbocycles. The number of hydrogen-bond donors (Lipinski definition) is 2. The zero-order valence-electron chi connectivity index (χ0n) is 17.6. The molecule has 3 N–H and O–H groups in total. The van der Waals surface area contributed by atoms with Crippen molar-refractivity contribution in [3.8, 4) is 11.3 Å². The molecule has 0 unspecified atom stereocenters. The van der Waals surface area contributed by atoms with E-state index >= 15 is 0 Å². The van der Waals surface area contributed by atoms with Gasteiger partial charge in [0.15, 0.2) is 0 Å². The second-order valence-corrected chi connectivity index (χ2v) is 8.63. The van der Waals surface area contributed by atoms with E-state index < -0.39 is 5.60 Å². The number of likely N-dealkylation sites (tertiary alicyclic amines) is 1. The predicted octanol–water partition coefficient (Wildman–Crippen LogP) is 3.79. The van der Waals surface area contributed by atoms with Gasteiger partial charge in [0.25, 0.3) is 0 Å². The van der Waals surface area contributed by atoms with E-state index in [1.165, 1.54) is 0 Å². The van der Waals surface area contributed by atoms with Crippen LogP contribution in [0.3, 0.4) is 0 Å². The smallest absolute Gasteiger partial charge is 0.410 e. The van der Waals surface area contributed by atoms with Crippen molar-refractivity contribution >= 4 is 23.1 Å². The molecule has 158 valence electrons. The second-order valence-electron chi connectivity index (χ2n) is 8.63. The van der Waals surface area contributed by atoms with E-state index in [-0.39, 0.29) is 12.1 Å². The molecule has 1 fully saturated rings. The van der Waals surface area contributed by atoms with Gasteiger partial charge >= 0.3 is 6.09 Å². The molecule has 1 amide bonds. The highest BCUT2D eigenvalue weighted by Crippen LogP contribution is 2.28. The van der Waals surface area contributed by atoms with Gasteiger partial charge in [-0.05, 0) is 57.9 Å². The lowest BCUT2D eigenvalue weighted by molar-refractivity contribution is 0.0206. The number of pyridine rings is 2. The molecule has 1 aliphatic heterocycles. The average molecular weight is 409 g/mol. The van der Waals surface area contributed by atoms with Crippen molar-refractivity contribution < 1.29 is 9.53 Å². The van der Waals surface area contributed by atoms with Gasteiger partial charge < -0.3 is 20.7 Å². The lowest BCUT2D eigenvalue weighted by atomic mass is 10.1. The van der Waals surface area contributed by atoms with Crippen molar-refractivity contribution in [1.29, 1.82) is 0 Å². The van der Waals surface area contributed by atoms with Crippen molar-refractivity contribution in [1.82, 2.24) is 19.5 Å². The zero-order valence-corrected chi connectivity index (χ0v) is 17.6. The van der Waals surface area contributed by atoms with Crippen LogP contribution in [0, 0.1) is 0 Å². The highest BCUT2D eigenvalue weighted by atomic mass is 16.6. The van der Waals surface area contributed by atoms with Crippen molar-refractivity contribution in [3.05, 3.63) is 42.7 Å². The fourth-order valence-electron chi connectivity index (χ4n) is 3.65. The number of nitrogens with one attached hydrogen (secondary N) is 1. The Morgan fingerprint density at radius 3 is 2.90 bits per heavy atom. The molecule has 0 bridgehead atoms. The third kappa shape index (κ3) is 4.32. The third-order valence-electron chi connectivity index (χ3n) is 5.04. The summed E-state index contributed by atoms with van der Waals surface area (Å²) in [7, 11) is 0.